The molecule has 0 aromatic heterocycles. The van der Waals surface area contributed by atoms with Gasteiger partial charge in [-0.25, -0.2) is 8.78 Å². The van der Waals surface area contributed by atoms with Gasteiger partial charge in [0.25, 0.3) is 0 Å². The maximum absolute atomic E-state index is 13.1. The van der Waals surface area contributed by atoms with Gasteiger partial charge in [0.15, 0.2) is 5.82 Å². The summed E-state index contributed by atoms with van der Waals surface area (Å²) in [5.41, 5.74) is 0.0838. The molecule has 0 saturated carbocycles. The van der Waals surface area contributed by atoms with E-state index in [2.05, 4.69) is 24.5 Å². The van der Waals surface area contributed by atoms with Crippen LogP contribution in [-0.2, 0) is 0 Å². The van der Waals surface area contributed by atoms with Crippen LogP contribution in [0.4, 0.5) is 8.78 Å². The highest BCUT2D eigenvalue weighted by atomic mass is 35.5. The van der Waals surface area contributed by atoms with Crippen LogP contribution in [-0.4, -0.2) is 5.75 Å². The number of hydrogen-bond acceptors (Lipinski definition) is 1. The zero-order valence-electron chi connectivity index (χ0n) is 6.44. The van der Waals surface area contributed by atoms with Gasteiger partial charge in [-0.1, -0.05) is 23.4 Å². The maximum Gasteiger partial charge on any atom is 0.160 e. The summed E-state index contributed by atoms with van der Waals surface area (Å²) in [7, 11) is 0. The zero-order chi connectivity index (χ0) is 9.84. The van der Waals surface area contributed by atoms with Gasteiger partial charge in [-0.3, -0.25) is 0 Å². The molecule has 68 valence electrons. The fourth-order valence-corrected chi connectivity index (χ4v) is 1.00. The minimum absolute atomic E-state index is 0.0838. The Morgan fingerprint density at radius 1 is 1.38 bits per heavy atom. The third-order valence-corrected chi connectivity index (χ3v) is 1.84. The van der Waals surface area contributed by atoms with Crippen molar-refractivity contribution < 1.29 is 8.78 Å². The average Bonchev–Trinajstić information content (AvgIpc) is 2.13. The summed E-state index contributed by atoms with van der Waals surface area (Å²) >= 11 is 9.15. The first-order valence-electron chi connectivity index (χ1n) is 3.40. The summed E-state index contributed by atoms with van der Waals surface area (Å²) in [6, 6.07) is 2.32. The van der Waals surface area contributed by atoms with Gasteiger partial charge in [-0.15, -0.1) is 0 Å². The van der Waals surface area contributed by atoms with Crippen LogP contribution in [0.25, 0.3) is 0 Å². The second kappa shape index (κ2) is 4.50. The Morgan fingerprint density at radius 2 is 2.08 bits per heavy atom. The SMILES string of the molecule is Fc1ccc(C#CCS)c(F)c1Cl. The molecule has 4 heteroatoms. The van der Waals surface area contributed by atoms with Gasteiger partial charge < -0.3 is 0 Å². The lowest BCUT2D eigenvalue weighted by molar-refractivity contribution is 0.582. The Balaban J connectivity index is 3.18. The highest BCUT2D eigenvalue weighted by Crippen LogP contribution is 2.20. The molecule has 0 amide bonds. The molecular weight excluding hydrogens is 214 g/mol. The fraction of sp³-hybridized carbons (Fsp3) is 0.111. The Bertz CT molecular complexity index is 379. The highest BCUT2D eigenvalue weighted by Gasteiger charge is 2.09. The van der Waals surface area contributed by atoms with E-state index in [9.17, 15) is 8.78 Å². The van der Waals surface area contributed by atoms with Gasteiger partial charge in [0.2, 0.25) is 0 Å². The van der Waals surface area contributed by atoms with E-state index in [-0.39, 0.29) is 5.56 Å². The number of halogens is 3. The van der Waals surface area contributed by atoms with Gasteiger partial charge in [-0.05, 0) is 12.1 Å². The van der Waals surface area contributed by atoms with Gasteiger partial charge in [0.1, 0.15) is 10.8 Å². The number of rotatable bonds is 0. The van der Waals surface area contributed by atoms with E-state index >= 15 is 0 Å². The lowest BCUT2D eigenvalue weighted by Gasteiger charge is -1.97. The first-order chi connectivity index (χ1) is 6.16. The molecule has 0 saturated heterocycles. The van der Waals surface area contributed by atoms with E-state index in [0.717, 1.165) is 6.07 Å². The molecule has 0 spiro atoms. The predicted molar refractivity (Wildman–Crippen MR) is 52.1 cm³/mol. The average molecular weight is 219 g/mol. The molecule has 0 heterocycles. The van der Waals surface area contributed by atoms with E-state index in [4.69, 9.17) is 11.6 Å². The topological polar surface area (TPSA) is 0 Å². The minimum Gasteiger partial charge on any atom is -0.205 e. The summed E-state index contributed by atoms with van der Waals surface area (Å²) in [6.07, 6.45) is 0. The van der Waals surface area contributed by atoms with Crippen molar-refractivity contribution in [2.45, 2.75) is 0 Å². The van der Waals surface area contributed by atoms with Crippen molar-refractivity contribution in [3.8, 4) is 11.8 Å². The molecule has 0 unspecified atom stereocenters. The molecule has 1 aromatic rings. The Labute approximate surface area is 85.3 Å². The Morgan fingerprint density at radius 3 is 2.69 bits per heavy atom. The standard InChI is InChI=1S/C9H5ClF2S/c10-8-7(11)4-3-6(9(8)12)2-1-5-13/h3-4,13H,5H2. The van der Waals surface area contributed by atoms with Crippen LogP contribution in [0.3, 0.4) is 0 Å². The molecule has 0 atom stereocenters. The van der Waals surface area contributed by atoms with Crippen LogP contribution < -0.4 is 0 Å². The van der Waals surface area contributed by atoms with Crippen LogP contribution >= 0.6 is 24.2 Å². The van der Waals surface area contributed by atoms with Crippen molar-refractivity contribution in [2.75, 3.05) is 5.75 Å². The third kappa shape index (κ3) is 2.36. The minimum atomic E-state index is -0.823. The Kier molecular flexibility index (Phi) is 3.58. The second-order valence-electron chi connectivity index (χ2n) is 2.18. The molecule has 0 fully saturated rings. The zero-order valence-corrected chi connectivity index (χ0v) is 8.09. The molecule has 0 aliphatic rings. The normalized spacial score (nSPS) is 9.23. The monoisotopic (exact) mass is 218 g/mol. The summed E-state index contributed by atoms with van der Waals surface area (Å²) in [5.74, 6) is 3.73. The summed E-state index contributed by atoms with van der Waals surface area (Å²) in [4.78, 5) is 0. The van der Waals surface area contributed by atoms with Crippen LogP contribution in [0.5, 0.6) is 0 Å². The third-order valence-electron chi connectivity index (χ3n) is 1.34. The van der Waals surface area contributed by atoms with Crippen molar-refractivity contribution in [2.24, 2.45) is 0 Å². The van der Waals surface area contributed by atoms with Crippen molar-refractivity contribution in [1.29, 1.82) is 0 Å². The summed E-state index contributed by atoms with van der Waals surface area (Å²) in [5, 5.41) is -0.522. The molecule has 0 bridgehead atoms. The molecule has 0 aliphatic heterocycles. The van der Waals surface area contributed by atoms with Crippen molar-refractivity contribution in [3.63, 3.8) is 0 Å². The largest absolute Gasteiger partial charge is 0.205 e. The quantitative estimate of drug-likeness (QED) is 0.386. The first kappa shape index (κ1) is 10.4. The van der Waals surface area contributed by atoms with Crippen LogP contribution in [0.1, 0.15) is 5.56 Å². The molecule has 0 radical (unpaired) electrons. The van der Waals surface area contributed by atoms with Crippen molar-refractivity contribution >= 4 is 24.2 Å². The fourth-order valence-electron chi connectivity index (χ4n) is 0.757. The molecule has 0 N–H and O–H groups in total. The van der Waals surface area contributed by atoms with E-state index in [1.807, 2.05) is 0 Å². The number of benzene rings is 1. The lowest BCUT2D eigenvalue weighted by atomic mass is 10.2. The van der Waals surface area contributed by atoms with Gasteiger partial charge in [0, 0.05) is 0 Å². The number of thiol groups is 1. The lowest BCUT2D eigenvalue weighted by Crippen LogP contribution is -1.88. The van der Waals surface area contributed by atoms with E-state index in [0.29, 0.717) is 5.75 Å². The smallest absolute Gasteiger partial charge is 0.160 e. The van der Waals surface area contributed by atoms with Crippen LogP contribution in [0, 0.1) is 23.5 Å². The van der Waals surface area contributed by atoms with Crippen molar-refractivity contribution in [3.05, 3.63) is 34.4 Å². The number of hydrogen-bond donors (Lipinski definition) is 1. The van der Waals surface area contributed by atoms with Gasteiger partial charge in [0.05, 0.1) is 11.3 Å². The molecule has 0 nitrogen and oxygen atoms in total. The van der Waals surface area contributed by atoms with Gasteiger partial charge in [-0.2, -0.15) is 12.6 Å². The van der Waals surface area contributed by atoms with Crippen LogP contribution in [0.2, 0.25) is 5.02 Å². The summed E-state index contributed by atoms with van der Waals surface area (Å²) < 4.78 is 25.7. The maximum atomic E-state index is 13.1. The van der Waals surface area contributed by atoms with Crippen LogP contribution in [0.15, 0.2) is 12.1 Å². The summed E-state index contributed by atoms with van der Waals surface area (Å²) in [6.45, 7) is 0. The predicted octanol–water partition coefficient (Wildman–Crippen LogP) is 2.90. The van der Waals surface area contributed by atoms with E-state index in [1.54, 1.807) is 0 Å². The highest BCUT2D eigenvalue weighted by molar-refractivity contribution is 7.80. The molecule has 1 aromatic carbocycles. The van der Waals surface area contributed by atoms with Gasteiger partial charge >= 0.3 is 0 Å². The van der Waals surface area contributed by atoms with E-state index in [1.165, 1.54) is 6.07 Å². The van der Waals surface area contributed by atoms with Crippen molar-refractivity contribution in [1.82, 2.24) is 0 Å². The molecular formula is C9H5ClF2S. The molecule has 1 rings (SSSR count). The molecule has 0 aliphatic carbocycles. The first-order valence-corrected chi connectivity index (χ1v) is 4.41. The molecule has 13 heavy (non-hydrogen) atoms. The van der Waals surface area contributed by atoms with E-state index < -0.39 is 16.7 Å². The Hall–Kier alpha value is -0.720. The second-order valence-corrected chi connectivity index (χ2v) is 2.88.